The van der Waals surface area contributed by atoms with Crippen molar-refractivity contribution in [1.82, 2.24) is 9.88 Å². The van der Waals surface area contributed by atoms with Crippen molar-refractivity contribution in [3.8, 4) is 6.07 Å². The van der Waals surface area contributed by atoms with E-state index in [1.807, 2.05) is 43.3 Å². The maximum Gasteiger partial charge on any atom is 0.0940 e. The Morgan fingerprint density at radius 1 is 1.11 bits per heavy atom. The van der Waals surface area contributed by atoms with Crippen molar-refractivity contribution >= 4 is 10.9 Å². The van der Waals surface area contributed by atoms with Crippen molar-refractivity contribution in [1.29, 1.82) is 5.26 Å². The minimum absolute atomic E-state index is 0.403. The molecule has 0 aliphatic carbocycles. The van der Waals surface area contributed by atoms with Crippen LogP contribution in [0, 0.1) is 18.3 Å². The van der Waals surface area contributed by atoms with Crippen molar-refractivity contribution < 1.29 is 5.11 Å². The molecule has 4 heteroatoms. The number of nitrogens with one attached hydrogen (secondary N) is 1. The number of benzene rings is 2. The van der Waals surface area contributed by atoms with Crippen LogP contribution in [0.5, 0.6) is 0 Å². The Kier molecular flexibility index (Phi) is 4.73. The second-order valence-corrected chi connectivity index (χ2v) is 7.59. The number of para-hydroxylation sites is 1. The molecule has 4 nitrogen and oxygen atoms in total. The third-order valence-electron chi connectivity index (χ3n) is 5.96. The van der Waals surface area contributed by atoms with Crippen molar-refractivity contribution in [2.45, 2.75) is 31.3 Å². The molecule has 0 bridgehead atoms. The van der Waals surface area contributed by atoms with Crippen LogP contribution in [-0.4, -0.2) is 34.6 Å². The first kappa shape index (κ1) is 17.8. The van der Waals surface area contributed by atoms with E-state index in [2.05, 4.69) is 34.2 Å². The lowest BCUT2D eigenvalue weighted by Crippen LogP contribution is -2.43. The van der Waals surface area contributed by atoms with E-state index in [9.17, 15) is 10.4 Å². The summed E-state index contributed by atoms with van der Waals surface area (Å²) < 4.78 is 0. The van der Waals surface area contributed by atoms with Gasteiger partial charge in [-0.25, -0.2) is 0 Å². The van der Waals surface area contributed by atoms with Crippen molar-refractivity contribution in [3.63, 3.8) is 0 Å². The molecule has 2 aromatic carbocycles. The molecule has 1 aromatic heterocycles. The molecule has 3 aromatic rings. The largest absolute Gasteiger partial charge is 0.387 e. The third-order valence-corrected chi connectivity index (χ3v) is 5.96. The van der Waals surface area contributed by atoms with Gasteiger partial charge in [0.25, 0.3) is 0 Å². The average molecular weight is 359 g/mol. The number of nitrogens with zero attached hydrogens (tertiary/aromatic N) is 2. The van der Waals surface area contributed by atoms with Gasteiger partial charge in [-0.05, 0) is 31.4 Å². The predicted octanol–water partition coefficient (Wildman–Crippen LogP) is 4.07. The smallest absolute Gasteiger partial charge is 0.0940 e. The summed E-state index contributed by atoms with van der Waals surface area (Å²) in [7, 11) is 0. The molecule has 2 heterocycles. The number of rotatable bonds is 4. The van der Waals surface area contributed by atoms with E-state index < -0.39 is 11.5 Å². The zero-order valence-electron chi connectivity index (χ0n) is 15.7. The Labute approximate surface area is 160 Å². The number of nitriles is 1. The van der Waals surface area contributed by atoms with E-state index in [0.717, 1.165) is 53.7 Å². The van der Waals surface area contributed by atoms with Crippen LogP contribution in [-0.2, 0) is 5.41 Å². The summed E-state index contributed by atoms with van der Waals surface area (Å²) in [6.07, 6.45) is 1.06. The maximum absolute atomic E-state index is 10.9. The summed E-state index contributed by atoms with van der Waals surface area (Å²) in [5.41, 5.74) is 3.79. The standard InChI is InChI=1S/C23H25N3O/c1-17-22(19-9-5-6-10-20(19)25-17)21(27)15-26-13-11-23(16-24,12-14-26)18-7-3-2-4-8-18/h2-10,21,25,27H,11-15H2,1H3. The molecular weight excluding hydrogens is 334 g/mol. The van der Waals surface area contributed by atoms with E-state index in [0.29, 0.717) is 6.54 Å². The molecule has 1 aliphatic rings. The first-order valence-electron chi connectivity index (χ1n) is 9.57. The van der Waals surface area contributed by atoms with Crippen molar-refractivity contribution in [2.24, 2.45) is 0 Å². The van der Waals surface area contributed by atoms with Crippen LogP contribution in [0.25, 0.3) is 10.9 Å². The number of H-pyrrole nitrogens is 1. The third kappa shape index (κ3) is 3.25. The molecule has 27 heavy (non-hydrogen) atoms. The molecule has 1 unspecified atom stereocenters. The molecule has 0 radical (unpaired) electrons. The molecule has 4 rings (SSSR count). The molecule has 1 saturated heterocycles. The summed E-state index contributed by atoms with van der Waals surface area (Å²) in [5, 5.41) is 21.9. The van der Waals surface area contributed by atoms with Crippen LogP contribution in [0.15, 0.2) is 54.6 Å². The van der Waals surface area contributed by atoms with Gasteiger partial charge in [-0.2, -0.15) is 5.26 Å². The van der Waals surface area contributed by atoms with Crippen LogP contribution in [0.3, 0.4) is 0 Å². The first-order valence-corrected chi connectivity index (χ1v) is 9.57. The van der Waals surface area contributed by atoms with Gasteiger partial charge >= 0.3 is 0 Å². The molecule has 1 atom stereocenters. The first-order chi connectivity index (χ1) is 13.1. The summed E-state index contributed by atoms with van der Waals surface area (Å²) in [5.74, 6) is 0. The zero-order chi connectivity index (χ0) is 18.9. The number of fused-ring (bicyclic) bond motifs is 1. The van der Waals surface area contributed by atoms with Gasteiger partial charge in [0.05, 0.1) is 17.6 Å². The number of likely N-dealkylation sites (tertiary alicyclic amines) is 1. The SMILES string of the molecule is Cc1[nH]c2ccccc2c1C(O)CN1CCC(C#N)(c2ccccc2)CC1. The van der Waals surface area contributed by atoms with Gasteiger partial charge in [0.15, 0.2) is 0 Å². The van der Waals surface area contributed by atoms with Crippen LogP contribution in [0.1, 0.15) is 35.8 Å². The topological polar surface area (TPSA) is 63.0 Å². The second kappa shape index (κ2) is 7.19. The Morgan fingerprint density at radius 2 is 1.78 bits per heavy atom. The number of β-amino-alcohol motifs (C(OH)–C–C–N with tert-alkyl or cyclic N) is 1. The Hall–Kier alpha value is -2.61. The molecule has 2 N–H and O–H groups in total. The summed E-state index contributed by atoms with van der Waals surface area (Å²) in [6, 6.07) is 20.8. The number of aromatic nitrogens is 1. The fraction of sp³-hybridized carbons (Fsp3) is 0.348. The number of hydrogen-bond donors (Lipinski definition) is 2. The van der Waals surface area contributed by atoms with Crippen LogP contribution >= 0.6 is 0 Å². The predicted molar refractivity (Wildman–Crippen MR) is 107 cm³/mol. The van der Waals surface area contributed by atoms with Crippen LogP contribution in [0.2, 0.25) is 0 Å². The van der Waals surface area contributed by atoms with Crippen LogP contribution < -0.4 is 0 Å². The quantitative estimate of drug-likeness (QED) is 0.738. The van der Waals surface area contributed by atoms with Gasteiger partial charge in [-0.15, -0.1) is 0 Å². The number of aryl methyl sites for hydroxylation is 1. The molecule has 1 fully saturated rings. The van der Waals surface area contributed by atoms with E-state index in [-0.39, 0.29) is 0 Å². The van der Waals surface area contributed by atoms with Gasteiger partial charge in [0, 0.05) is 41.8 Å². The van der Waals surface area contributed by atoms with Gasteiger partial charge in [-0.3, -0.25) is 0 Å². The lowest BCUT2D eigenvalue weighted by atomic mass is 9.74. The number of aromatic amines is 1. The minimum atomic E-state index is -0.535. The fourth-order valence-corrected chi connectivity index (χ4v) is 4.40. The Bertz CT molecular complexity index is 962. The average Bonchev–Trinajstić information content (AvgIpc) is 3.05. The summed E-state index contributed by atoms with van der Waals surface area (Å²) in [4.78, 5) is 5.65. The normalized spacial score (nSPS) is 18.3. The van der Waals surface area contributed by atoms with Crippen molar-refractivity contribution in [3.05, 3.63) is 71.4 Å². The highest BCUT2D eigenvalue weighted by Gasteiger charge is 2.36. The van der Waals surface area contributed by atoms with Crippen LogP contribution in [0.4, 0.5) is 0 Å². The van der Waals surface area contributed by atoms with E-state index in [4.69, 9.17) is 0 Å². The molecule has 138 valence electrons. The highest BCUT2D eigenvalue weighted by molar-refractivity contribution is 5.84. The summed E-state index contributed by atoms with van der Waals surface area (Å²) in [6.45, 7) is 4.26. The lowest BCUT2D eigenvalue weighted by molar-refractivity contribution is 0.0903. The number of hydrogen-bond acceptors (Lipinski definition) is 3. The molecule has 0 amide bonds. The zero-order valence-corrected chi connectivity index (χ0v) is 15.7. The Balaban J connectivity index is 1.48. The molecular formula is C23H25N3O. The molecule has 0 saturated carbocycles. The summed E-state index contributed by atoms with van der Waals surface area (Å²) >= 11 is 0. The van der Waals surface area contributed by atoms with Gasteiger partial charge in [-0.1, -0.05) is 48.5 Å². The highest BCUT2D eigenvalue weighted by atomic mass is 16.3. The second-order valence-electron chi connectivity index (χ2n) is 7.59. The fourth-order valence-electron chi connectivity index (χ4n) is 4.40. The maximum atomic E-state index is 10.9. The van der Waals surface area contributed by atoms with E-state index >= 15 is 0 Å². The van der Waals surface area contributed by atoms with E-state index in [1.54, 1.807) is 0 Å². The lowest BCUT2D eigenvalue weighted by Gasteiger charge is -2.38. The van der Waals surface area contributed by atoms with Gasteiger partial charge in [0.1, 0.15) is 0 Å². The minimum Gasteiger partial charge on any atom is -0.387 e. The number of aliphatic hydroxyl groups excluding tert-OH is 1. The number of aliphatic hydroxyl groups is 1. The Morgan fingerprint density at radius 3 is 2.48 bits per heavy atom. The monoisotopic (exact) mass is 359 g/mol. The highest BCUT2D eigenvalue weighted by Crippen LogP contribution is 2.36. The molecule has 1 aliphatic heterocycles. The number of piperidine rings is 1. The molecule has 0 spiro atoms. The van der Waals surface area contributed by atoms with Gasteiger partial charge in [0.2, 0.25) is 0 Å². The van der Waals surface area contributed by atoms with Gasteiger partial charge < -0.3 is 15.0 Å². The van der Waals surface area contributed by atoms with Crippen molar-refractivity contribution in [2.75, 3.05) is 19.6 Å². The van der Waals surface area contributed by atoms with E-state index in [1.165, 1.54) is 0 Å².